The van der Waals surface area contributed by atoms with Gasteiger partial charge in [0.05, 0.1) is 16.8 Å². The van der Waals surface area contributed by atoms with E-state index in [2.05, 4.69) is 285 Å². The van der Waals surface area contributed by atoms with Gasteiger partial charge >= 0.3 is 0 Å². The Labute approximate surface area is 437 Å². The number of aromatic nitrogens is 2. The van der Waals surface area contributed by atoms with E-state index in [9.17, 15) is 0 Å². The number of benzene rings is 12. The summed E-state index contributed by atoms with van der Waals surface area (Å²) in [4.78, 5) is 10.7. The number of hydrogen-bond donors (Lipinski definition) is 0. The average Bonchev–Trinajstić information content (AvgIpc) is 3.84. The fraction of sp³-hybridized carbons (Fsp3) is 0.0137. The largest absolute Gasteiger partial charge is 0.228 e. The van der Waals surface area contributed by atoms with Gasteiger partial charge in [-0.2, -0.15) is 0 Å². The number of nitrogens with zero attached hydrogens (tertiary/aromatic N) is 2. The van der Waals surface area contributed by atoms with E-state index in [1.807, 2.05) is 6.07 Å². The molecule has 350 valence electrons. The van der Waals surface area contributed by atoms with Crippen LogP contribution in [0.2, 0.25) is 0 Å². The van der Waals surface area contributed by atoms with Crippen LogP contribution in [0, 0.1) is 0 Å². The Morgan fingerprint density at radius 1 is 0.227 bits per heavy atom. The van der Waals surface area contributed by atoms with Crippen molar-refractivity contribution in [3.8, 4) is 89.5 Å². The molecule has 12 aromatic carbocycles. The summed E-state index contributed by atoms with van der Waals surface area (Å²) in [7, 11) is 0. The minimum atomic E-state index is -0.514. The summed E-state index contributed by atoms with van der Waals surface area (Å²) in [5, 5.41) is 4.72. The van der Waals surface area contributed by atoms with E-state index >= 15 is 0 Å². The first-order valence-corrected chi connectivity index (χ1v) is 25.8. The van der Waals surface area contributed by atoms with Crippen LogP contribution in [0.3, 0.4) is 0 Å². The van der Waals surface area contributed by atoms with E-state index in [-0.39, 0.29) is 0 Å². The van der Waals surface area contributed by atoms with Crippen LogP contribution in [0.1, 0.15) is 22.3 Å². The molecule has 0 fully saturated rings. The normalized spacial score (nSPS) is 12.4. The highest BCUT2D eigenvalue weighted by Gasteiger charge is 2.46. The van der Waals surface area contributed by atoms with E-state index in [0.29, 0.717) is 5.82 Å². The molecule has 0 spiro atoms. The maximum Gasteiger partial charge on any atom is 0.160 e. The highest BCUT2D eigenvalue weighted by molar-refractivity contribution is 6.06. The molecule has 2 nitrogen and oxygen atoms in total. The topological polar surface area (TPSA) is 25.8 Å². The predicted octanol–water partition coefficient (Wildman–Crippen LogP) is 18.8. The average molecular weight is 953 g/mol. The van der Waals surface area contributed by atoms with Crippen molar-refractivity contribution in [1.29, 1.82) is 0 Å². The summed E-state index contributed by atoms with van der Waals surface area (Å²) in [5.41, 5.74) is 21.2. The number of fused-ring (bicyclic) bond motifs is 5. The summed E-state index contributed by atoms with van der Waals surface area (Å²) in [6, 6.07) is 106. The Morgan fingerprint density at radius 3 is 1.39 bits per heavy atom. The molecular formula is C73H48N2. The Bertz CT molecular complexity index is 4240. The molecule has 0 bridgehead atoms. The van der Waals surface area contributed by atoms with Crippen molar-refractivity contribution in [2.75, 3.05) is 0 Å². The molecule has 1 aliphatic carbocycles. The van der Waals surface area contributed by atoms with Crippen molar-refractivity contribution in [3.63, 3.8) is 0 Å². The van der Waals surface area contributed by atoms with Gasteiger partial charge in [-0.1, -0.05) is 255 Å². The van der Waals surface area contributed by atoms with Crippen LogP contribution in [0.4, 0.5) is 0 Å². The highest BCUT2D eigenvalue weighted by Crippen LogP contribution is 2.57. The van der Waals surface area contributed by atoms with E-state index in [4.69, 9.17) is 9.97 Å². The smallest absolute Gasteiger partial charge is 0.160 e. The molecule has 0 saturated carbocycles. The van der Waals surface area contributed by atoms with Crippen molar-refractivity contribution in [2.45, 2.75) is 5.41 Å². The van der Waals surface area contributed by atoms with Crippen molar-refractivity contribution >= 4 is 21.5 Å². The van der Waals surface area contributed by atoms with Crippen molar-refractivity contribution < 1.29 is 0 Å². The van der Waals surface area contributed by atoms with Gasteiger partial charge in [0.1, 0.15) is 0 Å². The molecule has 75 heavy (non-hydrogen) atoms. The van der Waals surface area contributed by atoms with Gasteiger partial charge in [0, 0.05) is 16.7 Å². The Kier molecular flexibility index (Phi) is 10.8. The zero-order valence-corrected chi connectivity index (χ0v) is 41.1. The van der Waals surface area contributed by atoms with Gasteiger partial charge in [0.15, 0.2) is 5.82 Å². The molecule has 14 rings (SSSR count). The first-order chi connectivity index (χ1) is 37.2. The van der Waals surface area contributed by atoms with Gasteiger partial charge in [0.2, 0.25) is 0 Å². The van der Waals surface area contributed by atoms with E-state index in [0.717, 1.165) is 72.2 Å². The molecule has 0 amide bonds. The van der Waals surface area contributed by atoms with Gasteiger partial charge in [0.25, 0.3) is 0 Å². The molecule has 1 heterocycles. The molecule has 0 atom stereocenters. The van der Waals surface area contributed by atoms with Gasteiger partial charge in [-0.25, -0.2) is 9.97 Å². The van der Waals surface area contributed by atoms with Crippen LogP contribution >= 0.6 is 0 Å². The number of hydrogen-bond acceptors (Lipinski definition) is 2. The van der Waals surface area contributed by atoms with Crippen molar-refractivity contribution in [3.05, 3.63) is 313 Å². The molecule has 13 aromatic rings. The van der Waals surface area contributed by atoms with Crippen molar-refractivity contribution in [2.24, 2.45) is 0 Å². The molecule has 1 aromatic heterocycles. The molecule has 0 radical (unpaired) electrons. The molecule has 1 aliphatic rings. The molecule has 0 saturated heterocycles. The molecular weight excluding hydrogens is 905 g/mol. The lowest BCUT2D eigenvalue weighted by molar-refractivity contribution is 0.769. The number of rotatable bonds is 9. The van der Waals surface area contributed by atoms with Gasteiger partial charge in [-0.3, -0.25) is 0 Å². The van der Waals surface area contributed by atoms with E-state index < -0.39 is 5.41 Å². The van der Waals surface area contributed by atoms with Gasteiger partial charge in [-0.15, -0.1) is 0 Å². The zero-order chi connectivity index (χ0) is 49.7. The fourth-order valence-corrected chi connectivity index (χ4v) is 11.9. The standard InChI is InChI=1S/C73H48N2/c1-5-22-50(23-6-1)60-31-15-18-35-66(60)70-48-71(75-72(74-70)51-24-7-2-8-25-51)67-42-41-61(62-32-16-17-33-63(62)67)57-45-55(53-38-37-49-21-13-14-26-52(49)43-53)44-56(46-57)54-39-40-65-64-34-19-20-36-68(64)73(69(65)47-54,58-27-9-3-10-28-58)59-29-11-4-12-30-59/h1-48H. The zero-order valence-electron chi connectivity index (χ0n) is 41.1. The predicted molar refractivity (Wildman–Crippen MR) is 312 cm³/mol. The van der Waals surface area contributed by atoms with Crippen LogP contribution < -0.4 is 0 Å². The minimum absolute atomic E-state index is 0.514. The van der Waals surface area contributed by atoms with Crippen LogP contribution in [0.25, 0.3) is 111 Å². The maximum atomic E-state index is 5.37. The van der Waals surface area contributed by atoms with Crippen molar-refractivity contribution in [1.82, 2.24) is 9.97 Å². The van der Waals surface area contributed by atoms with Gasteiger partial charge in [-0.05, 0) is 136 Å². The Morgan fingerprint density at radius 2 is 0.693 bits per heavy atom. The van der Waals surface area contributed by atoms with Crippen LogP contribution in [-0.4, -0.2) is 9.97 Å². The lowest BCUT2D eigenvalue weighted by Gasteiger charge is -2.34. The summed E-state index contributed by atoms with van der Waals surface area (Å²) in [6.45, 7) is 0. The van der Waals surface area contributed by atoms with Crippen LogP contribution in [0.5, 0.6) is 0 Å². The van der Waals surface area contributed by atoms with Crippen LogP contribution in [0.15, 0.2) is 291 Å². The quantitative estimate of drug-likeness (QED) is 0.144. The summed E-state index contributed by atoms with van der Waals surface area (Å²) >= 11 is 0. The second-order valence-corrected chi connectivity index (χ2v) is 19.6. The van der Waals surface area contributed by atoms with E-state index in [1.54, 1.807) is 0 Å². The summed E-state index contributed by atoms with van der Waals surface area (Å²) in [6.07, 6.45) is 0. The second kappa shape index (κ2) is 18.4. The first-order valence-electron chi connectivity index (χ1n) is 25.8. The lowest BCUT2D eigenvalue weighted by atomic mass is 9.67. The summed E-state index contributed by atoms with van der Waals surface area (Å²) in [5.74, 6) is 0.688. The monoisotopic (exact) mass is 952 g/mol. The third-order valence-electron chi connectivity index (χ3n) is 15.4. The Hall–Kier alpha value is -9.76. The van der Waals surface area contributed by atoms with Crippen LogP contribution in [-0.2, 0) is 5.41 Å². The molecule has 0 aliphatic heterocycles. The Balaban J connectivity index is 0.973. The fourth-order valence-electron chi connectivity index (χ4n) is 11.9. The first kappa shape index (κ1) is 44.0. The van der Waals surface area contributed by atoms with E-state index in [1.165, 1.54) is 55.3 Å². The summed E-state index contributed by atoms with van der Waals surface area (Å²) < 4.78 is 0. The minimum Gasteiger partial charge on any atom is -0.228 e. The molecule has 0 unspecified atom stereocenters. The molecule has 0 N–H and O–H groups in total. The maximum absolute atomic E-state index is 5.37. The lowest BCUT2D eigenvalue weighted by Crippen LogP contribution is -2.28. The molecule has 2 heteroatoms. The SMILES string of the molecule is c1ccc(-c2nc(-c3ccccc3-c3ccccc3)cc(-c3ccc(-c4cc(-c5ccc6c(c5)C(c5ccccc5)(c5ccccc5)c5ccccc5-6)cc(-c5ccc6ccccc6c5)c4)c4ccccc34)n2)cc1. The third-order valence-corrected chi connectivity index (χ3v) is 15.4. The van der Waals surface area contributed by atoms with Gasteiger partial charge < -0.3 is 0 Å². The second-order valence-electron chi connectivity index (χ2n) is 19.6. The highest BCUT2D eigenvalue weighted by atomic mass is 14.9. The third kappa shape index (κ3) is 7.58.